The smallest absolute Gasteiger partial charge is 0.0416 e. The van der Waals surface area contributed by atoms with E-state index < -0.39 is 0 Å². The third-order valence-corrected chi connectivity index (χ3v) is 5.86. The molecule has 0 spiro atoms. The van der Waals surface area contributed by atoms with E-state index in [-0.39, 0.29) is 0 Å². The molecule has 2 heterocycles. The SMILES string of the molecule is CSc1ccc(CN2CCC[C@H](N(C)CCc3ccccn3)C2)cc1. The molecule has 1 aromatic heterocycles. The fraction of sp³-hybridized carbons (Fsp3) is 0.476. The maximum atomic E-state index is 4.44. The summed E-state index contributed by atoms with van der Waals surface area (Å²) in [7, 11) is 2.27. The number of hydrogen-bond acceptors (Lipinski definition) is 4. The van der Waals surface area contributed by atoms with Crippen molar-refractivity contribution < 1.29 is 0 Å². The van der Waals surface area contributed by atoms with Gasteiger partial charge in [0, 0.05) is 48.9 Å². The minimum Gasteiger partial charge on any atom is -0.302 e. The van der Waals surface area contributed by atoms with E-state index in [1.54, 1.807) is 11.8 Å². The Morgan fingerprint density at radius 3 is 2.76 bits per heavy atom. The van der Waals surface area contributed by atoms with Crippen LogP contribution in [0.3, 0.4) is 0 Å². The lowest BCUT2D eigenvalue weighted by Gasteiger charge is -2.37. The molecule has 0 unspecified atom stereocenters. The Morgan fingerprint density at radius 1 is 1.20 bits per heavy atom. The van der Waals surface area contributed by atoms with Crippen molar-refractivity contribution in [2.45, 2.75) is 36.7 Å². The Labute approximate surface area is 156 Å². The average Bonchev–Trinajstić information content (AvgIpc) is 2.68. The molecule has 3 nitrogen and oxygen atoms in total. The molecule has 0 radical (unpaired) electrons. The van der Waals surface area contributed by atoms with Gasteiger partial charge in [0.1, 0.15) is 0 Å². The van der Waals surface area contributed by atoms with Gasteiger partial charge in [-0.3, -0.25) is 9.88 Å². The van der Waals surface area contributed by atoms with Gasteiger partial charge in [0.05, 0.1) is 0 Å². The molecular weight excluding hydrogens is 326 g/mol. The number of hydrogen-bond donors (Lipinski definition) is 0. The van der Waals surface area contributed by atoms with E-state index in [1.165, 1.54) is 42.1 Å². The summed E-state index contributed by atoms with van der Waals surface area (Å²) in [5.74, 6) is 0. The molecule has 1 aliphatic rings. The van der Waals surface area contributed by atoms with Gasteiger partial charge in [0.15, 0.2) is 0 Å². The van der Waals surface area contributed by atoms with Crippen LogP contribution in [0.25, 0.3) is 0 Å². The van der Waals surface area contributed by atoms with E-state index in [0.717, 1.165) is 19.5 Å². The molecule has 134 valence electrons. The number of benzene rings is 1. The molecule has 2 aromatic rings. The van der Waals surface area contributed by atoms with E-state index in [9.17, 15) is 0 Å². The quantitative estimate of drug-likeness (QED) is 0.700. The van der Waals surface area contributed by atoms with Gasteiger partial charge in [-0.25, -0.2) is 0 Å². The lowest BCUT2D eigenvalue weighted by molar-refractivity contribution is 0.112. The fourth-order valence-electron chi connectivity index (χ4n) is 3.54. The minimum absolute atomic E-state index is 0.655. The van der Waals surface area contributed by atoms with Gasteiger partial charge in [-0.15, -0.1) is 11.8 Å². The average molecular weight is 356 g/mol. The highest BCUT2D eigenvalue weighted by Gasteiger charge is 2.23. The summed E-state index contributed by atoms with van der Waals surface area (Å²) in [6, 6.07) is 15.9. The highest BCUT2D eigenvalue weighted by Crippen LogP contribution is 2.19. The van der Waals surface area contributed by atoms with E-state index in [2.05, 4.69) is 64.5 Å². The first kappa shape index (κ1) is 18.4. The molecule has 0 amide bonds. The zero-order chi connectivity index (χ0) is 17.5. The summed E-state index contributed by atoms with van der Waals surface area (Å²) in [5, 5.41) is 0. The van der Waals surface area contributed by atoms with Gasteiger partial charge in [-0.05, 0) is 62.5 Å². The number of rotatable bonds is 7. The first-order valence-corrected chi connectivity index (χ1v) is 10.4. The Balaban J connectivity index is 1.49. The van der Waals surface area contributed by atoms with Crippen LogP contribution in [-0.4, -0.2) is 53.8 Å². The molecule has 1 fully saturated rings. The predicted octanol–water partition coefficient (Wildman–Crippen LogP) is 3.94. The highest BCUT2D eigenvalue weighted by molar-refractivity contribution is 7.98. The molecule has 1 aromatic carbocycles. The number of likely N-dealkylation sites (N-methyl/N-ethyl adjacent to an activating group) is 1. The third kappa shape index (κ3) is 5.56. The molecule has 4 heteroatoms. The molecule has 0 aliphatic carbocycles. The van der Waals surface area contributed by atoms with Crippen molar-refractivity contribution in [3.8, 4) is 0 Å². The van der Waals surface area contributed by atoms with Crippen LogP contribution < -0.4 is 0 Å². The second kappa shape index (κ2) is 9.37. The molecule has 0 N–H and O–H groups in total. The number of thioether (sulfide) groups is 1. The number of likely N-dealkylation sites (tertiary alicyclic amines) is 1. The third-order valence-electron chi connectivity index (χ3n) is 5.12. The van der Waals surface area contributed by atoms with Crippen LogP contribution in [0.4, 0.5) is 0 Å². The van der Waals surface area contributed by atoms with Gasteiger partial charge in [-0.2, -0.15) is 0 Å². The molecule has 1 atom stereocenters. The molecular formula is C21H29N3S. The molecule has 3 rings (SSSR count). The van der Waals surface area contributed by atoms with E-state index in [1.807, 2.05) is 12.3 Å². The summed E-state index contributed by atoms with van der Waals surface area (Å²) in [5.41, 5.74) is 2.62. The summed E-state index contributed by atoms with van der Waals surface area (Å²) in [4.78, 5) is 10.9. The summed E-state index contributed by atoms with van der Waals surface area (Å²) >= 11 is 1.81. The van der Waals surface area contributed by atoms with E-state index in [0.29, 0.717) is 6.04 Å². The summed E-state index contributed by atoms with van der Waals surface area (Å²) in [6.45, 7) is 4.54. The van der Waals surface area contributed by atoms with Crippen LogP contribution in [0.1, 0.15) is 24.1 Å². The zero-order valence-corrected chi connectivity index (χ0v) is 16.2. The van der Waals surface area contributed by atoms with Crippen LogP contribution in [0.2, 0.25) is 0 Å². The van der Waals surface area contributed by atoms with Crippen molar-refractivity contribution in [3.05, 3.63) is 59.9 Å². The van der Waals surface area contributed by atoms with Crippen molar-refractivity contribution in [1.29, 1.82) is 0 Å². The van der Waals surface area contributed by atoms with Gasteiger partial charge >= 0.3 is 0 Å². The molecule has 1 saturated heterocycles. The van der Waals surface area contributed by atoms with Crippen LogP contribution >= 0.6 is 11.8 Å². The molecule has 0 bridgehead atoms. The second-order valence-electron chi connectivity index (χ2n) is 6.93. The van der Waals surface area contributed by atoms with Gasteiger partial charge in [0.25, 0.3) is 0 Å². The summed E-state index contributed by atoms with van der Waals surface area (Å²) < 4.78 is 0. The second-order valence-corrected chi connectivity index (χ2v) is 7.81. The zero-order valence-electron chi connectivity index (χ0n) is 15.4. The van der Waals surface area contributed by atoms with E-state index >= 15 is 0 Å². The van der Waals surface area contributed by atoms with Crippen molar-refractivity contribution in [2.75, 3.05) is 32.9 Å². The maximum Gasteiger partial charge on any atom is 0.0416 e. The molecule has 0 saturated carbocycles. The Hall–Kier alpha value is -1.36. The Bertz CT molecular complexity index is 629. The number of nitrogens with zero attached hydrogens (tertiary/aromatic N) is 3. The molecule has 25 heavy (non-hydrogen) atoms. The largest absolute Gasteiger partial charge is 0.302 e. The Kier molecular flexibility index (Phi) is 6.91. The maximum absolute atomic E-state index is 4.44. The van der Waals surface area contributed by atoms with Crippen molar-refractivity contribution in [2.24, 2.45) is 0 Å². The fourth-order valence-corrected chi connectivity index (χ4v) is 3.95. The van der Waals surface area contributed by atoms with Crippen molar-refractivity contribution in [1.82, 2.24) is 14.8 Å². The van der Waals surface area contributed by atoms with Gasteiger partial charge in [0.2, 0.25) is 0 Å². The first-order valence-electron chi connectivity index (χ1n) is 9.20. The van der Waals surface area contributed by atoms with Crippen LogP contribution in [-0.2, 0) is 13.0 Å². The van der Waals surface area contributed by atoms with Crippen molar-refractivity contribution in [3.63, 3.8) is 0 Å². The Morgan fingerprint density at radius 2 is 2.04 bits per heavy atom. The van der Waals surface area contributed by atoms with Crippen LogP contribution in [0.15, 0.2) is 53.6 Å². The monoisotopic (exact) mass is 355 g/mol. The van der Waals surface area contributed by atoms with Crippen LogP contribution in [0, 0.1) is 0 Å². The lowest BCUT2D eigenvalue weighted by atomic mass is 10.0. The summed E-state index contributed by atoms with van der Waals surface area (Å²) in [6.07, 6.45) is 7.65. The van der Waals surface area contributed by atoms with E-state index in [4.69, 9.17) is 0 Å². The standard InChI is InChI=1S/C21H29N3S/c1-23(15-12-19-6-3-4-13-22-19)20-7-5-14-24(17-20)16-18-8-10-21(25-2)11-9-18/h3-4,6,8-11,13,20H,5,7,12,14-17H2,1-2H3/t20-/m0/s1. The number of aromatic nitrogens is 1. The van der Waals surface area contributed by atoms with Gasteiger partial charge in [-0.1, -0.05) is 18.2 Å². The first-order chi connectivity index (χ1) is 12.2. The topological polar surface area (TPSA) is 19.4 Å². The lowest BCUT2D eigenvalue weighted by Crippen LogP contribution is -2.46. The highest BCUT2D eigenvalue weighted by atomic mass is 32.2. The predicted molar refractivity (Wildman–Crippen MR) is 107 cm³/mol. The normalized spacial score (nSPS) is 18.6. The number of pyridine rings is 1. The van der Waals surface area contributed by atoms with Gasteiger partial charge < -0.3 is 4.90 Å². The minimum atomic E-state index is 0.655. The van der Waals surface area contributed by atoms with Crippen LogP contribution in [0.5, 0.6) is 0 Å². The van der Waals surface area contributed by atoms with Crippen molar-refractivity contribution >= 4 is 11.8 Å². The number of piperidine rings is 1. The molecule has 1 aliphatic heterocycles.